The molecule has 2 aromatic heterocycles. The van der Waals surface area contributed by atoms with E-state index in [0.29, 0.717) is 11.5 Å². The van der Waals surface area contributed by atoms with Crippen LogP contribution in [0.2, 0.25) is 5.28 Å². The van der Waals surface area contributed by atoms with Gasteiger partial charge in [-0.2, -0.15) is 4.98 Å². The summed E-state index contributed by atoms with van der Waals surface area (Å²) in [5, 5.41) is 1.11. The number of aryl methyl sites for hydroxylation is 1. The zero-order valence-electron chi connectivity index (χ0n) is 14.0. The number of hydrogen-bond acceptors (Lipinski definition) is 6. The predicted molar refractivity (Wildman–Crippen MR) is 95.9 cm³/mol. The molecule has 0 atom stereocenters. The highest BCUT2D eigenvalue weighted by molar-refractivity contribution is 7.20. The number of anilines is 1. The molecule has 0 aliphatic rings. The lowest BCUT2D eigenvalue weighted by Gasteiger charge is -2.22. The lowest BCUT2D eigenvalue weighted by molar-refractivity contribution is 0.0531. The molecular formula is C16H22ClN3O2S. The van der Waals surface area contributed by atoms with E-state index in [4.69, 9.17) is 16.3 Å². The molecule has 0 aliphatic carbocycles. The summed E-state index contributed by atoms with van der Waals surface area (Å²) in [6.07, 6.45) is 2.18. The number of ether oxygens (including phenoxy) is 1. The van der Waals surface area contributed by atoms with E-state index in [1.807, 2.05) is 6.92 Å². The number of carbonyl (C=O) groups is 1. The van der Waals surface area contributed by atoms with Gasteiger partial charge in [0.25, 0.3) is 0 Å². The lowest BCUT2D eigenvalue weighted by atomic mass is 10.2. The van der Waals surface area contributed by atoms with E-state index in [2.05, 4.69) is 28.7 Å². The summed E-state index contributed by atoms with van der Waals surface area (Å²) in [7, 11) is 0. The molecule has 0 saturated heterocycles. The number of aromatic nitrogens is 2. The topological polar surface area (TPSA) is 55.3 Å². The average molecular weight is 356 g/mol. The normalized spacial score (nSPS) is 11.0. The van der Waals surface area contributed by atoms with Gasteiger partial charge in [-0.1, -0.05) is 13.3 Å². The molecule has 0 saturated carbocycles. The van der Waals surface area contributed by atoms with Crippen LogP contribution < -0.4 is 4.90 Å². The maximum Gasteiger partial charge on any atom is 0.348 e. The van der Waals surface area contributed by atoms with Crippen molar-refractivity contribution in [2.24, 2.45) is 0 Å². The third-order valence-electron chi connectivity index (χ3n) is 3.67. The van der Waals surface area contributed by atoms with Gasteiger partial charge in [-0.05, 0) is 44.4 Å². The largest absolute Gasteiger partial charge is 0.462 e. The monoisotopic (exact) mass is 355 g/mol. The van der Waals surface area contributed by atoms with Gasteiger partial charge in [0.05, 0.1) is 12.0 Å². The molecule has 23 heavy (non-hydrogen) atoms. The van der Waals surface area contributed by atoms with Gasteiger partial charge in [0.1, 0.15) is 15.5 Å². The summed E-state index contributed by atoms with van der Waals surface area (Å²) in [4.78, 5) is 24.4. The molecule has 0 amide bonds. The Balaban J connectivity index is 2.58. The van der Waals surface area contributed by atoms with Crippen LogP contribution in [0.15, 0.2) is 0 Å². The van der Waals surface area contributed by atoms with Gasteiger partial charge in [0, 0.05) is 13.1 Å². The van der Waals surface area contributed by atoms with Gasteiger partial charge < -0.3 is 9.64 Å². The number of halogens is 1. The number of hydrogen-bond donors (Lipinski definition) is 0. The number of esters is 1. The van der Waals surface area contributed by atoms with E-state index in [1.165, 1.54) is 11.3 Å². The van der Waals surface area contributed by atoms with Crippen molar-refractivity contribution in [3.63, 3.8) is 0 Å². The van der Waals surface area contributed by atoms with Crippen molar-refractivity contribution in [3.05, 3.63) is 15.7 Å². The van der Waals surface area contributed by atoms with E-state index < -0.39 is 0 Å². The summed E-state index contributed by atoms with van der Waals surface area (Å²) >= 11 is 7.42. The number of fused-ring (bicyclic) bond motifs is 1. The minimum absolute atomic E-state index is 0.208. The smallest absolute Gasteiger partial charge is 0.348 e. The highest BCUT2D eigenvalue weighted by atomic mass is 35.5. The molecule has 0 radical (unpaired) electrons. The van der Waals surface area contributed by atoms with Crippen molar-refractivity contribution in [2.75, 3.05) is 24.6 Å². The van der Waals surface area contributed by atoms with Crippen LogP contribution in [0, 0.1) is 6.92 Å². The van der Waals surface area contributed by atoms with Gasteiger partial charge >= 0.3 is 5.97 Å². The molecule has 5 nitrogen and oxygen atoms in total. The van der Waals surface area contributed by atoms with E-state index in [-0.39, 0.29) is 11.3 Å². The third kappa shape index (κ3) is 3.75. The van der Waals surface area contributed by atoms with Gasteiger partial charge in [0.15, 0.2) is 0 Å². The maximum absolute atomic E-state index is 12.1. The molecule has 0 aromatic carbocycles. The molecular weight excluding hydrogens is 334 g/mol. The van der Waals surface area contributed by atoms with Crippen LogP contribution in [0.4, 0.5) is 5.82 Å². The predicted octanol–water partition coefficient (Wildman–Crippen LogP) is 4.46. The minimum atomic E-state index is -0.313. The van der Waals surface area contributed by atoms with Crippen molar-refractivity contribution in [3.8, 4) is 0 Å². The second-order valence-corrected chi connectivity index (χ2v) is 6.54. The number of unbranched alkanes of at least 4 members (excludes halogenated alkanes) is 1. The van der Waals surface area contributed by atoms with Crippen LogP contribution in [-0.2, 0) is 4.74 Å². The second kappa shape index (κ2) is 7.93. The van der Waals surface area contributed by atoms with Gasteiger partial charge in [-0.15, -0.1) is 11.3 Å². The molecule has 0 unspecified atom stereocenters. The van der Waals surface area contributed by atoms with Crippen molar-refractivity contribution < 1.29 is 9.53 Å². The molecule has 2 rings (SSSR count). The Hall–Kier alpha value is -1.40. The average Bonchev–Trinajstić information content (AvgIpc) is 2.85. The molecule has 2 aromatic rings. The Labute approximate surface area is 145 Å². The van der Waals surface area contributed by atoms with Gasteiger partial charge in [-0.25, -0.2) is 9.78 Å². The van der Waals surface area contributed by atoms with E-state index in [9.17, 15) is 4.79 Å². The SMILES string of the molecule is CCCCN(CC)c1nc(Cl)nc2sc(C(=O)OCC)c(C)c12. The fourth-order valence-electron chi connectivity index (χ4n) is 2.48. The molecule has 0 aliphatic heterocycles. The lowest BCUT2D eigenvalue weighted by Crippen LogP contribution is -2.25. The first-order valence-corrected chi connectivity index (χ1v) is 9.11. The minimum Gasteiger partial charge on any atom is -0.462 e. The van der Waals surface area contributed by atoms with E-state index in [0.717, 1.165) is 47.5 Å². The Morgan fingerprint density at radius 3 is 2.65 bits per heavy atom. The van der Waals surface area contributed by atoms with Crippen LogP contribution in [-0.4, -0.2) is 35.6 Å². The van der Waals surface area contributed by atoms with Gasteiger partial charge in [0.2, 0.25) is 5.28 Å². The van der Waals surface area contributed by atoms with E-state index in [1.54, 1.807) is 6.92 Å². The fourth-order valence-corrected chi connectivity index (χ4v) is 3.76. The molecule has 7 heteroatoms. The first-order valence-electron chi connectivity index (χ1n) is 7.92. The Morgan fingerprint density at radius 2 is 2.04 bits per heavy atom. The highest BCUT2D eigenvalue weighted by Gasteiger charge is 2.23. The van der Waals surface area contributed by atoms with Crippen LogP contribution >= 0.6 is 22.9 Å². The van der Waals surface area contributed by atoms with Crippen LogP contribution in [0.3, 0.4) is 0 Å². The standard InChI is InChI=1S/C16H22ClN3O2S/c1-5-8-9-20(6-2)13-11-10(4)12(15(21)22-7-3)23-14(11)19-16(17)18-13/h5-9H2,1-4H3. The second-order valence-electron chi connectivity index (χ2n) is 5.21. The molecule has 0 N–H and O–H groups in total. The maximum atomic E-state index is 12.1. The van der Waals surface area contributed by atoms with Crippen molar-refractivity contribution in [1.29, 1.82) is 0 Å². The fraction of sp³-hybridized carbons (Fsp3) is 0.562. The summed E-state index contributed by atoms with van der Waals surface area (Å²) < 4.78 is 5.14. The highest BCUT2D eigenvalue weighted by Crippen LogP contribution is 2.36. The third-order valence-corrected chi connectivity index (χ3v) is 5.00. The summed E-state index contributed by atoms with van der Waals surface area (Å²) in [5.41, 5.74) is 0.866. The van der Waals surface area contributed by atoms with Crippen molar-refractivity contribution in [2.45, 2.75) is 40.5 Å². The number of carbonyl (C=O) groups excluding carboxylic acids is 1. The molecule has 0 bridgehead atoms. The van der Waals surface area contributed by atoms with Crippen molar-refractivity contribution in [1.82, 2.24) is 9.97 Å². The summed E-state index contributed by atoms with van der Waals surface area (Å²) in [6.45, 7) is 10.0. The van der Waals surface area contributed by atoms with Crippen molar-refractivity contribution >= 4 is 44.9 Å². The molecule has 126 valence electrons. The van der Waals surface area contributed by atoms with Crippen LogP contribution in [0.25, 0.3) is 10.2 Å². The zero-order valence-corrected chi connectivity index (χ0v) is 15.6. The van der Waals surface area contributed by atoms with E-state index >= 15 is 0 Å². The quantitative estimate of drug-likeness (QED) is 0.542. The zero-order chi connectivity index (χ0) is 17.0. The first kappa shape index (κ1) is 17.9. The molecule has 2 heterocycles. The summed E-state index contributed by atoms with van der Waals surface area (Å²) in [6, 6.07) is 0. The number of rotatable bonds is 7. The molecule has 0 fully saturated rings. The van der Waals surface area contributed by atoms with Crippen LogP contribution in [0.5, 0.6) is 0 Å². The first-order chi connectivity index (χ1) is 11.0. The molecule has 0 spiro atoms. The Morgan fingerprint density at radius 1 is 1.30 bits per heavy atom. The van der Waals surface area contributed by atoms with Crippen LogP contribution in [0.1, 0.15) is 48.8 Å². The summed E-state index contributed by atoms with van der Waals surface area (Å²) in [5.74, 6) is 0.493. The van der Waals surface area contributed by atoms with Gasteiger partial charge in [-0.3, -0.25) is 0 Å². The number of nitrogens with zero attached hydrogens (tertiary/aromatic N) is 3. The number of thiophene rings is 1. The Kier molecular flexibility index (Phi) is 6.18. The Bertz CT molecular complexity index is 702.